The van der Waals surface area contributed by atoms with E-state index in [1.165, 1.54) is 0 Å². The molecule has 3 heteroatoms. The molecular formula is C17H16N2O. The average molecular weight is 264 g/mol. The van der Waals surface area contributed by atoms with E-state index in [0.29, 0.717) is 18.5 Å². The Labute approximate surface area is 118 Å². The molecule has 0 saturated carbocycles. The number of rotatable bonds is 4. The molecule has 100 valence electrons. The van der Waals surface area contributed by atoms with Gasteiger partial charge >= 0.3 is 0 Å². The minimum Gasteiger partial charge on any atom is -0.399 e. The molecule has 0 spiro atoms. The van der Waals surface area contributed by atoms with Gasteiger partial charge in [0.1, 0.15) is 0 Å². The zero-order valence-electron chi connectivity index (χ0n) is 11.1. The molecule has 0 radical (unpaired) electrons. The quantitative estimate of drug-likeness (QED) is 0.659. The summed E-state index contributed by atoms with van der Waals surface area (Å²) in [5.74, 6) is 2.50. The van der Waals surface area contributed by atoms with E-state index in [4.69, 9.17) is 12.2 Å². The number of terminal acetylenes is 1. The molecule has 0 aliphatic rings. The lowest BCUT2D eigenvalue weighted by Gasteiger charge is -2.06. The van der Waals surface area contributed by atoms with Gasteiger partial charge in [-0.15, -0.1) is 6.42 Å². The minimum absolute atomic E-state index is 0.0402. The highest BCUT2D eigenvalue weighted by atomic mass is 16.1. The first-order chi connectivity index (χ1) is 9.67. The molecule has 0 aliphatic carbocycles. The van der Waals surface area contributed by atoms with Crippen molar-refractivity contribution in [3.8, 4) is 12.3 Å². The van der Waals surface area contributed by atoms with Crippen LogP contribution in [0.5, 0.6) is 0 Å². The molecule has 0 heterocycles. The Hall–Kier alpha value is -2.73. The summed E-state index contributed by atoms with van der Waals surface area (Å²) < 4.78 is 0. The highest BCUT2D eigenvalue weighted by molar-refractivity contribution is 5.91. The maximum Gasteiger partial charge on any atom is 0.224 e. The summed E-state index contributed by atoms with van der Waals surface area (Å²) in [6, 6.07) is 14.8. The van der Waals surface area contributed by atoms with E-state index in [1.807, 2.05) is 42.5 Å². The number of nitrogens with two attached hydrogens (primary N) is 1. The summed E-state index contributed by atoms with van der Waals surface area (Å²) in [5.41, 5.74) is 8.94. The van der Waals surface area contributed by atoms with Gasteiger partial charge in [0.15, 0.2) is 0 Å². The molecule has 2 aromatic carbocycles. The Morgan fingerprint density at radius 2 is 2.00 bits per heavy atom. The fourth-order valence-electron chi connectivity index (χ4n) is 1.92. The largest absolute Gasteiger partial charge is 0.399 e. The molecule has 2 aromatic rings. The lowest BCUT2D eigenvalue weighted by atomic mass is 10.1. The van der Waals surface area contributed by atoms with E-state index >= 15 is 0 Å². The van der Waals surface area contributed by atoms with Crippen LogP contribution in [0.25, 0.3) is 0 Å². The van der Waals surface area contributed by atoms with Crippen LogP contribution in [0, 0.1) is 12.3 Å². The summed E-state index contributed by atoms with van der Waals surface area (Å²) in [4.78, 5) is 11.9. The zero-order chi connectivity index (χ0) is 14.4. The molecule has 0 saturated heterocycles. The van der Waals surface area contributed by atoms with Gasteiger partial charge in [-0.05, 0) is 42.3 Å². The molecule has 0 aromatic heterocycles. The van der Waals surface area contributed by atoms with Crippen LogP contribution >= 0.6 is 0 Å². The predicted molar refractivity (Wildman–Crippen MR) is 82.2 cm³/mol. The average Bonchev–Trinajstić information content (AvgIpc) is 2.45. The van der Waals surface area contributed by atoms with Gasteiger partial charge in [-0.25, -0.2) is 0 Å². The molecule has 0 unspecified atom stereocenters. The fraction of sp³-hybridized carbons (Fsp3) is 0.118. The van der Waals surface area contributed by atoms with E-state index in [0.717, 1.165) is 16.8 Å². The maximum absolute atomic E-state index is 11.9. The number of hydrogen-bond acceptors (Lipinski definition) is 2. The first-order valence-corrected chi connectivity index (χ1v) is 6.38. The van der Waals surface area contributed by atoms with Crippen LogP contribution in [0.3, 0.4) is 0 Å². The molecular weight excluding hydrogens is 248 g/mol. The number of nitrogen functional groups attached to an aromatic ring is 1. The normalized spacial score (nSPS) is 9.75. The molecule has 0 bridgehead atoms. The summed E-state index contributed by atoms with van der Waals surface area (Å²) >= 11 is 0. The molecule has 3 nitrogen and oxygen atoms in total. The van der Waals surface area contributed by atoms with Gasteiger partial charge in [0, 0.05) is 23.4 Å². The van der Waals surface area contributed by atoms with Crippen LogP contribution in [0.4, 0.5) is 11.4 Å². The number of benzene rings is 2. The van der Waals surface area contributed by atoms with Gasteiger partial charge in [0.25, 0.3) is 0 Å². The molecule has 0 fully saturated rings. The third-order valence-corrected chi connectivity index (χ3v) is 2.90. The van der Waals surface area contributed by atoms with Crippen molar-refractivity contribution in [2.75, 3.05) is 11.1 Å². The Kier molecular flexibility index (Phi) is 4.41. The van der Waals surface area contributed by atoms with Crippen LogP contribution in [0.1, 0.15) is 17.5 Å². The third-order valence-electron chi connectivity index (χ3n) is 2.90. The number of carbonyl (C=O) groups excluding carboxylic acids is 1. The van der Waals surface area contributed by atoms with Gasteiger partial charge in [0.05, 0.1) is 0 Å². The van der Waals surface area contributed by atoms with Crippen molar-refractivity contribution in [1.82, 2.24) is 0 Å². The monoisotopic (exact) mass is 264 g/mol. The van der Waals surface area contributed by atoms with Gasteiger partial charge in [0.2, 0.25) is 5.91 Å². The van der Waals surface area contributed by atoms with Gasteiger partial charge < -0.3 is 11.1 Å². The van der Waals surface area contributed by atoms with E-state index in [2.05, 4.69) is 11.2 Å². The molecule has 0 atom stereocenters. The van der Waals surface area contributed by atoms with E-state index in [1.54, 1.807) is 6.07 Å². The lowest BCUT2D eigenvalue weighted by molar-refractivity contribution is -0.116. The van der Waals surface area contributed by atoms with E-state index in [9.17, 15) is 4.79 Å². The Balaban J connectivity index is 1.91. The number of aryl methyl sites for hydroxylation is 1. The van der Waals surface area contributed by atoms with Crippen LogP contribution in [0.2, 0.25) is 0 Å². The van der Waals surface area contributed by atoms with Crippen molar-refractivity contribution in [2.45, 2.75) is 12.8 Å². The smallest absolute Gasteiger partial charge is 0.224 e. The van der Waals surface area contributed by atoms with Gasteiger partial charge in [-0.2, -0.15) is 0 Å². The van der Waals surface area contributed by atoms with E-state index < -0.39 is 0 Å². The lowest BCUT2D eigenvalue weighted by Crippen LogP contribution is -2.12. The van der Waals surface area contributed by atoms with Crippen LogP contribution in [0.15, 0.2) is 48.5 Å². The molecule has 20 heavy (non-hydrogen) atoms. The SMILES string of the molecule is C#Cc1cccc(NC(=O)CCc2cccc(N)c2)c1. The fourth-order valence-corrected chi connectivity index (χ4v) is 1.92. The predicted octanol–water partition coefficient (Wildman–Crippen LogP) is 2.82. The molecule has 3 N–H and O–H groups in total. The second-order valence-electron chi connectivity index (χ2n) is 4.52. The van der Waals surface area contributed by atoms with Crippen molar-refractivity contribution in [3.63, 3.8) is 0 Å². The third kappa shape index (κ3) is 3.89. The number of hydrogen-bond donors (Lipinski definition) is 2. The van der Waals surface area contributed by atoms with Gasteiger partial charge in [-0.1, -0.05) is 24.1 Å². The summed E-state index contributed by atoms with van der Waals surface area (Å²) in [6.45, 7) is 0. The first-order valence-electron chi connectivity index (χ1n) is 6.38. The van der Waals surface area contributed by atoms with Crippen LogP contribution in [-0.2, 0) is 11.2 Å². The molecule has 0 aliphatic heterocycles. The highest BCUT2D eigenvalue weighted by Gasteiger charge is 2.04. The second kappa shape index (κ2) is 6.44. The Bertz CT molecular complexity index is 656. The van der Waals surface area contributed by atoms with Crippen molar-refractivity contribution in [3.05, 3.63) is 59.7 Å². The second-order valence-corrected chi connectivity index (χ2v) is 4.52. The summed E-state index contributed by atoms with van der Waals surface area (Å²) in [7, 11) is 0. The van der Waals surface area contributed by atoms with Gasteiger partial charge in [-0.3, -0.25) is 4.79 Å². The number of carbonyl (C=O) groups is 1. The Morgan fingerprint density at radius 3 is 2.75 bits per heavy atom. The topological polar surface area (TPSA) is 55.1 Å². The number of anilines is 2. The minimum atomic E-state index is -0.0402. The Morgan fingerprint density at radius 1 is 1.20 bits per heavy atom. The van der Waals surface area contributed by atoms with E-state index in [-0.39, 0.29) is 5.91 Å². The zero-order valence-corrected chi connectivity index (χ0v) is 11.1. The van der Waals surface area contributed by atoms with Crippen molar-refractivity contribution >= 4 is 17.3 Å². The maximum atomic E-state index is 11.9. The molecule has 1 amide bonds. The van der Waals surface area contributed by atoms with Crippen molar-refractivity contribution in [1.29, 1.82) is 0 Å². The first kappa shape index (κ1) is 13.7. The van der Waals surface area contributed by atoms with Crippen LogP contribution < -0.4 is 11.1 Å². The van der Waals surface area contributed by atoms with Crippen molar-refractivity contribution < 1.29 is 4.79 Å². The highest BCUT2D eigenvalue weighted by Crippen LogP contribution is 2.12. The number of amides is 1. The summed E-state index contributed by atoms with van der Waals surface area (Å²) in [5, 5.41) is 2.84. The number of nitrogens with one attached hydrogen (secondary N) is 1. The summed E-state index contributed by atoms with van der Waals surface area (Å²) in [6.07, 6.45) is 6.39. The van der Waals surface area contributed by atoms with Crippen molar-refractivity contribution in [2.24, 2.45) is 0 Å². The van der Waals surface area contributed by atoms with Crippen LogP contribution in [-0.4, -0.2) is 5.91 Å². The molecule has 2 rings (SSSR count). The standard InChI is InChI=1S/C17H16N2O/c1-2-13-5-4-8-16(12-13)19-17(20)10-9-14-6-3-7-15(18)11-14/h1,3-8,11-12H,9-10,18H2,(H,19,20).